The van der Waals surface area contributed by atoms with E-state index in [1.54, 1.807) is 35.7 Å². The van der Waals surface area contributed by atoms with E-state index in [4.69, 9.17) is 16.3 Å². The van der Waals surface area contributed by atoms with Crippen LogP contribution in [0.4, 0.5) is 4.79 Å². The minimum absolute atomic E-state index is 0.211. The third-order valence-electron chi connectivity index (χ3n) is 4.80. The van der Waals surface area contributed by atoms with Crippen LogP contribution in [-0.4, -0.2) is 43.9 Å². The van der Waals surface area contributed by atoms with Crippen molar-refractivity contribution in [2.45, 2.75) is 32.0 Å². The monoisotopic (exact) mass is 472 g/mol. The van der Waals surface area contributed by atoms with Crippen molar-refractivity contribution >= 4 is 41.1 Å². The van der Waals surface area contributed by atoms with Gasteiger partial charge in [0.05, 0.1) is 18.2 Å². The Kier molecular flexibility index (Phi) is 6.33. The average molecular weight is 473 g/mol. The van der Waals surface area contributed by atoms with E-state index in [2.05, 4.69) is 25.7 Å². The predicted octanol–water partition coefficient (Wildman–Crippen LogP) is 3.36. The van der Waals surface area contributed by atoms with Crippen LogP contribution in [0.2, 0.25) is 5.02 Å². The molecule has 0 unspecified atom stereocenters. The van der Waals surface area contributed by atoms with Gasteiger partial charge in [0.1, 0.15) is 0 Å². The Balaban J connectivity index is 1.68. The van der Waals surface area contributed by atoms with E-state index in [1.807, 2.05) is 19.9 Å². The largest absolute Gasteiger partial charge is 0.463 e. The third kappa shape index (κ3) is 4.56. The molecule has 11 heteroatoms. The molecular formula is C21H21ClN6O3S. The molecule has 1 aromatic carbocycles. The molecule has 0 fully saturated rings. The quantitative estimate of drug-likeness (QED) is 0.418. The Bertz CT molecular complexity index is 1220. The van der Waals surface area contributed by atoms with Crippen molar-refractivity contribution in [2.75, 3.05) is 12.4 Å². The highest BCUT2D eigenvalue weighted by Crippen LogP contribution is 2.31. The zero-order valence-electron chi connectivity index (χ0n) is 17.7. The molecular weight excluding hydrogens is 452 g/mol. The van der Waals surface area contributed by atoms with Crippen LogP contribution >= 0.6 is 23.4 Å². The van der Waals surface area contributed by atoms with Crippen molar-refractivity contribution in [3.8, 4) is 0 Å². The fraction of sp³-hybridized carbons (Fsp3) is 0.286. The van der Waals surface area contributed by atoms with E-state index in [9.17, 15) is 9.59 Å². The second-order valence-electron chi connectivity index (χ2n) is 7.13. The lowest BCUT2D eigenvalue weighted by molar-refractivity contribution is -0.139. The molecule has 1 aliphatic heterocycles. The van der Waals surface area contributed by atoms with Crippen molar-refractivity contribution in [3.63, 3.8) is 0 Å². The first kappa shape index (κ1) is 22.1. The normalized spacial score (nSPS) is 16.1. The number of carbonyl (C=O) groups is 2. The number of thioether (sulfide) groups is 1. The Morgan fingerprint density at radius 3 is 2.72 bits per heavy atom. The minimum atomic E-state index is -0.670. The molecule has 2 amide bonds. The number of benzene rings is 1. The van der Waals surface area contributed by atoms with E-state index in [-0.39, 0.29) is 12.4 Å². The second kappa shape index (κ2) is 9.17. The first-order valence-corrected chi connectivity index (χ1v) is 11.3. The summed E-state index contributed by atoms with van der Waals surface area (Å²) < 4.78 is 6.94. The van der Waals surface area contributed by atoms with Gasteiger partial charge >= 0.3 is 12.0 Å². The van der Waals surface area contributed by atoms with E-state index >= 15 is 0 Å². The fourth-order valence-corrected chi connectivity index (χ4v) is 4.35. The van der Waals surface area contributed by atoms with Gasteiger partial charge in [0.25, 0.3) is 5.78 Å². The smallest absolute Gasteiger partial charge is 0.338 e. The molecule has 32 heavy (non-hydrogen) atoms. The van der Waals surface area contributed by atoms with Crippen LogP contribution in [0, 0.1) is 13.8 Å². The number of rotatable bonds is 6. The molecule has 0 aliphatic carbocycles. The van der Waals surface area contributed by atoms with Gasteiger partial charge in [-0.1, -0.05) is 35.5 Å². The van der Waals surface area contributed by atoms with Crippen LogP contribution in [0.3, 0.4) is 0 Å². The van der Waals surface area contributed by atoms with Crippen LogP contribution in [0.25, 0.3) is 5.78 Å². The molecule has 0 bridgehead atoms. The van der Waals surface area contributed by atoms with Gasteiger partial charge in [-0.3, -0.25) is 0 Å². The van der Waals surface area contributed by atoms with Crippen LogP contribution in [0.1, 0.15) is 29.9 Å². The fourth-order valence-electron chi connectivity index (χ4n) is 3.43. The van der Waals surface area contributed by atoms with Crippen molar-refractivity contribution in [1.82, 2.24) is 30.2 Å². The maximum Gasteiger partial charge on any atom is 0.338 e. The van der Waals surface area contributed by atoms with Gasteiger partial charge in [-0.15, -0.1) is 5.10 Å². The zero-order chi connectivity index (χ0) is 22.8. The van der Waals surface area contributed by atoms with Crippen molar-refractivity contribution in [2.24, 2.45) is 0 Å². The SMILES string of the molecule is CCOC(=O)C1=C(CSc2nc3nc(C)cc(C)n3n2)NC(=O)N[C@H]1c1ccc(Cl)cc1. The molecule has 1 atom stereocenters. The summed E-state index contributed by atoms with van der Waals surface area (Å²) in [6, 6.07) is 7.79. The molecule has 4 rings (SSSR count). The van der Waals surface area contributed by atoms with E-state index in [0.717, 1.165) is 17.0 Å². The number of aryl methyl sites for hydroxylation is 2. The maximum atomic E-state index is 12.8. The molecule has 166 valence electrons. The van der Waals surface area contributed by atoms with Gasteiger partial charge in [-0.25, -0.2) is 19.1 Å². The second-order valence-corrected chi connectivity index (χ2v) is 8.51. The maximum absolute atomic E-state index is 12.8. The number of esters is 1. The molecule has 0 saturated heterocycles. The number of amides is 2. The lowest BCUT2D eigenvalue weighted by Gasteiger charge is -2.29. The minimum Gasteiger partial charge on any atom is -0.463 e. The zero-order valence-corrected chi connectivity index (χ0v) is 19.3. The first-order chi connectivity index (χ1) is 15.4. The predicted molar refractivity (Wildman–Crippen MR) is 120 cm³/mol. The lowest BCUT2D eigenvalue weighted by Crippen LogP contribution is -2.46. The third-order valence-corrected chi connectivity index (χ3v) is 5.91. The summed E-state index contributed by atoms with van der Waals surface area (Å²) in [5.74, 6) is 0.255. The van der Waals surface area contributed by atoms with E-state index < -0.39 is 18.0 Å². The molecule has 0 spiro atoms. The Morgan fingerprint density at radius 2 is 2.00 bits per heavy atom. The highest BCUT2D eigenvalue weighted by atomic mass is 35.5. The molecule has 0 radical (unpaired) electrons. The molecule has 9 nitrogen and oxygen atoms in total. The number of carbonyl (C=O) groups excluding carboxylic acids is 2. The molecule has 0 saturated carbocycles. The molecule has 3 heterocycles. The average Bonchev–Trinajstić information content (AvgIpc) is 3.15. The van der Waals surface area contributed by atoms with E-state index in [1.165, 1.54) is 11.8 Å². The highest BCUT2D eigenvalue weighted by Gasteiger charge is 2.33. The summed E-state index contributed by atoms with van der Waals surface area (Å²) in [6.45, 7) is 5.77. The van der Waals surface area contributed by atoms with Crippen LogP contribution in [0.15, 0.2) is 46.8 Å². The van der Waals surface area contributed by atoms with Crippen LogP contribution in [-0.2, 0) is 9.53 Å². The van der Waals surface area contributed by atoms with Crippen LogP contribution < -0.4 is 10.6 Å². The van der Waals surface area contributed by atoms with E-state index in [0.29, 0.717) is 27.2 Å². The summed E-state index contributed by atoms with van der Waals surface area (Å²) >= 11 is 7.30. The van der Waals surface area contributed by atoms with Crippen molar-refractivity contribution < 1.29 is 14.3 Å². The molecule has 1 aliphatic rings. The first-order valence-electron chi connectivity index (χ1n) is 9.92. The van der Waals surface area contributed by atoms with Gasteiger partial charge in [-0.05, 0) is 44.5 Å². The van der Waals surface area contributed by atoms with Crippen molar-refractivity contribution in [3.05, 3.63) is 63.6 Å². The summed E-state index contributed by atoms with van der Waals surface area (Å²) in [6.07, 6.45) is 0. The Labute approximate surface area is 193 Å². The number of fused-ring (bicyclic) bond motifs is 1. The number of nitrogens with zero attached hydrogens (tertiary/aromatic N) is 4. The summed E-state index contributed by atoms with van der Waals surface area (Å²) in [7, 11) is 0. The molecule has 2 N–H and O–H groups in total. The summed E-state index contributed by atoms with van der Waals surface area (Å²) in [4.78, 5) is 34.1. The van der Waals surface area contributed by atoms with Crippen LogP contribution in [0.5, 0.6) is 0 Å². The number of urea groups is 1. The lowest BCUT2D eigenvalue weighted by atomic mass is 9.95. The number of ether oxygens (including phenoxy) is 1. The summed E-state index contributed by atoms with van der Waals surface area (Å²) in [5, 5.41) is 11.1. The van der Waals surface area contributed by atoms with Gasteiger partial charge in [0.15, 0.2) is 0 Å². The number of halogens is 1. The highest BCUT2D eigenvalue weighted by molar-refractivity contribution is 7.99. The Hall–Kier alpha value is -3.11. The molecule has 3 aromatic rings. The number of nitrogens with one attached hydrogen (secondary N) is 2. The van der Waals surface area contributed by atoms with Gasteiger partial charge < -0.3 is 15.4 Å². The number of aromatic nitrogens is 4. The molecule has 2 aromatic heterocycles. The van der Waals surface area contributed by atoms with Crippen molar-refractivity contribution in [1.29, 1.82) is 0 Å². The van der Waals surface area contributed by atoms with Gasteiger partial charge in [0.2, 0.25) is 5.16 Å². The van der Waals surface area contributed by atoms with Gasteiger partial charge in [-0.2, -0.15) is 4.98 Å². The van der Waals surface area contributed by atoms with Gasteiger partial charge in [0, 0.05) is 27.9 Å². The topological polar surface area (TPSA) is 111 Å². The number of hydrogen-bond donors (Lipinski definition) is 2. The Morgan fingerprint density at radius 1 is 1.25 bits per heavy atom. The summed E-state index contributed by atoms with van der Waals surface area (Å²) in [5.41, 5.74) is 3.25. The standard InChI is InChI=1S/C21H21ClN6O3S/c1-4-31-18(29)16-15(24-20(30)25-17(16)13-5-7-14(22)8-6-13)10-32-21-26-19-23-11(2)9-12(3)28(19)27-21/h5-9,17H,4,10H2,1-3H3,(H2,24,25,30)/t17-/m0/s1. The number of hydrogen-bond acceptors (Lipinski definition) is 7.